The van der Waals surface area contributed by atoms with E-state index in [2.05, 4.69) is 0 Å². The van der Waals surface area contributed by atoms with Gasteiger partial charge in [0.25, 0.3) is 5.69 Å². The van der Waals surface area contributed by atoms with Gasteiger partial charge in [-0.2, -0.15) is 0 Å². The van der Waals surface area contributed by atoms with Gasteiger partial charge in [0.15, 0.2) is 5.78 Å². The van der Waals surface area contributed by atoms with Gasteiger partial charge in [0.1, 0.15) is 22.1 Å². The van der Waals surface area contributed by atoms with E-state index in [-0.39, 0.29) is 35.3 Å². The monoisotopic (exact) mass is 617 g/mol. The number of fused-ring (bicyclic) bond motifs is 1. The lowest BCUT2D eigenvalue weighted by atomic mass is 9.96. The van der Waals surface area contributed by atoms with E-state index in [9.17, 15) is 33.6 Å². The highest BCUT2D eigenvalue weighted by molar-refractivity contribution is 7.22. The van der Waals surface area contributed by atoms with Gasteiger partial charge in [0.2, 0.25) is 5.43 Å². The molecular formula is C33H29F2N3O5S. The molecule has 2 aromatic heterocycles. The lowest BCUT2D eigenvalue weighted by Crippen LogP contribution is -2.35. The number of nitro benzene ring substituents is 1. The molecule has 0 saturated heterocycles. The Kier molecular flexibility index (Phi) is 8.55. The molecule has 0 aliphatic carbocycles. The van der Waals surface area contributed by atoms with Crippen LogP contribution >= 0.6 is 11.3 Å². The second-order valence-corrected chi connectivity index (χ2v) is 12.1. The maximum atomic E-state index is 14.8. The number of nitrogens with zero attached hydrogens (tertiary/aromatic N) is 3. The first kappa shape index (κ1) is 30.9. The third-order valence-corrected chi connectivity index (χ3v) is 8.58. The molecule has 0 radical (unpaired) electrons. The van der Waals surface area contributed by atoms with Crippen LogP contribution in [0.15, 0.2) is 83.8 Å². The molecule has 8 nitrogen and oxygen atoms in total. The van der Waals surface area contributed by atoms with E-state index < -0.39 is 33.4 Å². The first-order chi connectivity index (χ1) is 20.8. The number of carbonyl (C=O) groups excluding carboxylic acids is 1. The van der Waals surface area contributed by atoms with Crippen LogP contribution in [-0.4, -0.2) is 37.9 Å². The zero-order chi connectivity index (χ0) is 31.8. The minimum atomic E-state index is -1.89. The third kappa shape index (κ3) is 6.21. The number of pyridine rings is 1. The third-order valence-electron chi connectivity index (χ3n) is 7.26. The van der Waals surface area contributed by atoms with Crippen molar-refractivity contribution in [1.82, 2.24) is 9.47 Å². The Bertz CT molecular complexity index is 1910. The molecule has 0 fully saturated rings. The predicted octanol–water partition coefficient (Wildman–Crippen LogP) is 6.55. The van der Waals surface area contributed by atoms with Crippen molar-refractivity contribution in [3.63, 3.8) is 0 Å². The molecule has 5 aromatic rings. The van der Waals surface area contributed by atoms with Gasteiger partial charge >= 0.3 is 0 Å². The number of hydrogen-bond donors (Lipinski definition) is 1. The van der Waals surface area contributed by atoms with Crippen molar-refractivity contribution >= 4 is 33.0 Å². The largest absolute Gasteiger partial charge is 0.382 e. The Labute approximate surface area is 255 Å². The van der Waals surface area contributed by atoms with Crippen molar-refractivity contribution in [2.45, 2.75) is 39.1 Å². The molecule has 44 heavy (non-hydrogen) atoms. The maximum absolute atomic E-state index is 14.8. The molecule has 1 N–H and O–H groups in total. The summed E-state index contributed by atoms with van der Waals surface area (Å²) in [5, 5.41) is 22.1. The molecule has 0 aliphatic rings. The molecule has 0 atom stereocenters. The molecule has 11 heteroatoms. The average Bonchev–Trinajstić information content (AvgIpc) is 3.35. The summed E-state index contributed by atoms with van der Waals surface area (Å²) in [6.45, 7) is 2.97. The molecule has 0 saturated carbocycles. The van der Waals surface area contributed by atoms with E-state index in [1.165, 1.54) is 54.1 Å². The topological polar surface area (TPSA) is 106 Å². The summed E-state index contributed by atoms with van der Waals surface area (Å²) in [4.78, 5) is 41.2. The van der Waals surface area contributed by atoms with Crippen LogP contribution in [0.1, 0.15) is 40.9 Å². The summed E-state index contributed by atoms with van der Waals surface area (Å²) in [5.41, 5.74) is -1.02. The van der Waals surface area contributed by atoms with Crippen molar-refractivity contribution in [3.05, 3.63) is 133 Å². The van der Waals surface area contributed by atoms with Crippen molar-refractivity contribution < 1.29 is 23.6 Å². The number of carbonyl (C=O) groups is 1. The molecule has 0 amide bonds. The summed E-state index contributed by atoms with van der Waals surface area (Å²) < 4.78 is 31.1. The summed E-state index contributed by atoms with van der Waals surface area (Å²) in [6, 6.07) is 19.1. The fourth-order valence-electron chi connectivity index (χ4n) is 5.10. The van der Waals surface area contributed by atoms with E-state index in [1.807, 2.05) is 42.3 Å². The Morgan fingerprint density at radius 1 is 0.977 bits per heavy atom. The van der Waals surface area contributed by atoms with Crippen LogP contribution in [0.2, 0.25) is 0 Å². The van der Waals surface area contributed by atoms with Crippen molar-refractivity contribution in [2.24, 2.45) is 0 Å². The SMILES string of the molecule is CN(Cc1ccccc1)Cc1c(-c2ccc([N+](=O)[O-])cc2)sc2c1c(=O)c(C(=O)C(C)(C)O)cn2Cc1c(F)cccc1F. The molecule has 2 heterocycles. The molecule has 5 rings (SSSR count). The van der Waals surface area contributed by atoms with E-state index in [1.54, 1.807) is 12.1 Å². The maximum Gasteiger partial charge on any atom is 0.269 e. The second-order valence-electron chi connectivity index (χ2n) is 11.1. The summed E-state index contributed by atoms with van der Waals surface area (Å²) in [7, 11) is 1.87. The smallest absolute Gasteiger partial charge is 0.269 e. The minimum absolute atomic E-state index is 0.106. The summed E-state index contributed by atoms with van der Waals surface area (Å²) >= 11 is 1.19. The highest BCUT2D eigenvalue weighted by Gasteiger charge is 2.31. The van der Waals surface area contributed by atoms with Gasteiger partial charge in [-0.1, -0.05) is 36.4 Å². The number of hydrogen-bond acceptors (Lipinski definition) is 7. The Hall–Kier alpha value is -4.58. The van der Waals surface area contributed by atoms with Crippen molar-refractivity contribution in [1.29, 1.82) is 0 Å². The first-order valence-corrected chi connectivity index (χ1v) is 14.5. The molecular weight excluding hydrogens is 588 g/mol. The number of halogens is 2. The number of Topliss-reactive ketones (excluding diaryl/α,β-unsaturated/α-hetero) is 1. The number of ketones is 1. The van der Waals surface area contributed by atoms with Crippen molar-refractivity contribution in [2.75, 3.05) is 7.05 Å². The molecule has 0 spiro atoms. The van der Waals surface area contributed by atoms with Crippen LogP contribution < -0.4 is 5.43 Å². The fraction of sp³-hybridized carbons (Fsp3) is 0.212. The van der Waals surface area contributed by atoms with E-state index in [0.29, 0.717) is 27.4 Å². The van der Waals surface area contributed by atoms with Crippen LogP contribution in [0, 0.1) is 21.7 Å². The van der Waals surface area contributed by atoms with Crippen LogP contribution in [-0.2, 0) is 19.6 Å². The zero-order valence-corrected chi connectivity index (χ0v) is 25.0. The quantitative estimate of drug-likeness (QED) is 0.108. The highest BCUT2D eigenvalue weighted by Crippen LogP contribution is 2.39. The van der Waals surface area contributed by atoms with E-state index >= 15 is 0 Å². The summed E-state index contributed by atoms with van der Waals surface area (Å²) in [6.07, 6.45) is 1.24. The summed E-state index contributed by atoms with van der Waals surface area (Å²) in [5.74, 6) is -2.41. The first-order valence-electron chi connectivity index (χ1n) is 13.7. The predicted molar refractivity (Wildman–Crippen MR) is 166 cm³/mol. The van der Waals surface area contributed by atoms with E-state index in [4.69, 9.17) is 0 Å². The normalized spacial score (nSPS) is 11.8. The molecule has 0 unspecified atom stereocenters. The van der Waals surface area contributed by atoms with Gasteiger partial charge in [-0.25, -0.2) is 8.78 Å². The van der Waals surface area contributed by atoms with Crippen LogP contribution in [0.25, 0.3) is 20.7 Å². The van der Waals surface area contributed by atoms with Crippen LogP contribution in [0.4, 0.5) is 14.5 Å². The lowest BCUT2D eigenvalue weighted by molar-refractivity contribution is -0.384. The number of nitro groups is 1. The molecule has 226 valence electrons. The minimum Gasteiger partial charge on any atom is -0.382 e. The Balaban J connectivity index is 1.78. The van der Waals surface area contributed by atoms with Gasteiger partial charge in [-0.3, -0.25) is 24.6 Å². The standard InChI is InChI=1S/C33H29F2N3O5S/c1-33(2,41)31(40)25-19-37(18-23-26(34)10-7-11-27(23)35)32-28(29(25)39)24(17-36(3)16-20-8-5-4-6-9-20)30(44-32)21-12-14-22(15-13-21)38(42)43/h4-15,19,41H,16-18H2,1-3H3. The number of thiophene rings is 1. The van der Waals surface area contributed by atoms with Gasteiger partial charge in [0.05, 0.1) is 22.4 Å². The zero-order valence-electron chi connectivity index (χ0n) is 24.2. The van der Waals surface area contributed by atoms with Gasteiger partial charge < -0.3 is 9.67 Å². The van der Waals surface area contributed by atoms with Crippen molar-refractivity contribution in [3.8, 4) is 10.4 Å². The highest BCUT2D eigenvalue weighted by atomic mass is 32.1. The molecule has 0 aliphatic heterocycles. The molecule has 0 bridgehead atoms. The Morgan fingerprint density at radius 2 is 1.61 bits per heavy atom. The van der Waals surface area contributed by atoms with E-state index in [0.717, 1.165) is 17.7 Å². The lowest BCUT2D eigenvalue weighted by Gasteiger charge is -2.19. The second kappa shape index (κ2) is 12.2. The number of aliphatic hydroxyl groups is 1. The number of benzene rings is 3. The number of non-ortho nitro benzene ring substituents is 1. The number of aromatic nitrogens is 1. The Morgan fingerprint density at radius 3 is 2.20 bits per heavy atom. The van der Waals surface area contributed by atoms with Gasteiger partial charge in [-0.05, 0) is 61.9 Å². The number of rotatable bonds is 10. The van der Waals surface area contributed by atoms with Crippen LogP contribution in [0.5, 0.6) is 0 Å². The molecule has 3 aromatic carbocycles. The van der Waals surface area contributed by atoms with Gasteiger partial charge in [-0.15, -0.1) is 11.3 Å². The van der Waals surface area contributed by atoms with Crippen LogP contribution in [0.3, 0.4) is 0 Å². The average molecular weight is 618 g/mol. The fourth-order valence-corrected chi connectivity index (χ4v) is 6.39. The van der Waals surface area contributed by atoms with Gasteiger partial charge in [0, 0.05) is 41.9 Å².